The fourth-order valence-electron chi connectivity index (χ4n) is 7.46. The Labute approximate surface area is 173 Å². The molecule has 0 saturated heterocycles. The number of hydrogen-bond donors (Lipinski definition) is 1. The Morgan fingerprint density at radius 2 is 1.83 bits per heavy atom. The van der Waals surface area contributed by atoms with Gasteiger partial charge in [-0.25, -0.2) is 0 Å². The van der Waals surface area contributed by atoms with Crippen LogP contribution in [0.25, 0.3) is 0 Å². The molecule has 1 nitrogen and oxygen atoms in total. The zero-order chi connectivity index (χ0) is 21.0. The van der Waals surface area contributed by atoms with Crippen LogP contribution in [0.15, 0.2) is 35.5 Å². The number of allylic oxidation sites excluding steroid dienone is 5. The molecule has 0 aromatic rings. The minimum Gasteiger partial charge on any atom is -0.393 e. The molecule has 0 spiro atoms. The van der Waals surface area contributed by atoms with Gasteiger partial charge in [-0.2, -0.15) is 13.2 Å². The van der Waals surface area contributed by atoms with E-state index in [0.717, 1.165) is 38.5 Å². The minimum atomic E-state index is -4.13. The second kappa shape index (κ2) is 7.28. The maximum atomic E-state index is 12.5. The Morgan fingerprint density at radius 1 is 1.10 bits per heavy atom. The summed E-state index contributed by atoms with van der Waals surface area (Å²) >= 11 is 0. The van der Waals surface area contributed by atoms with Crippen molar-refractivity contribution in [2.45, 2.75) is 84.4 Å². The van der Waals surface area contributed by atoms with E-state index < -0.39 is 12.6 Å². The zero-order valence-electron chi connectivity index (χ0n) is 17.9. The second-order valence-electron chi connectivity index (χ2n) is 10.5. The molecule has 0 aliphatic heterocycles. The van der Waals surface area contributed by atoms with Crippen LogP contribution < -0.4 is 0 Å². The van der Waals surface area contributed by atoms with E-state index in [4.69, 9.17) is 0 Å². The van der Waals surface area contributed by atoms with Gasteiger partial charge in [0.15, 0.2) is 0 Å². The summed E-state index contributed by atoms with van der Waals surface area (Å²) in [6.45, 7) is 6.85. The smallest absolute Gasteiger partial charge is 0.392 e. The third kappa shape index (κ3) is 3.64. The maximum Gasteiger partial charge on any atom is 0.392 e. The van der Waals surface area contributed by atoms with E-state index in [2.05, 4.69) is 32.9 Å². The van der Waals surface area contributed by atoms with Crippen molar-refractivity contribution < 1.29 is 18.3 Å². The van der Waals surface area contributed by atoms with Crippen molar-refractivity contribution in [3.63, 3.8) is 0 Å². The summed E-state index contributed by atoms with van der Waals surface area (Å²) in [6, 6.07) is 0. The molecule has 6 unspecified atom stereocenters. The van der Waals surface area contributed by atoms with E-state index in [1.54, 1.807) is 6.08 Å². The lowest BCUT2D eigenvalue weighted by Crippen LogP contribution is -2.50. The lowest BCUT2D eigenvalue weighted by molar-refractivity contribution is -0.125. The first kappa shape index (κ1) is 21.2. The predicted molar refractivity (Wildman–Crippen MR) is 110 cm³/mol. The van der Waals surface area contributed by atoms with Crippen LogP contribution in [0.5, 0.6) is 0 Å². The molecule has 2 fully saturated rings. The van der Waals surface area contributed by atoms with Crippen LogP contribution in [-0.2, 0) is 0 Å². The number of alkyl halides is 3. The lowest BCUT2D eigenvalue weighted by atomic mass is 9.47. The molecule has 0 aromatic heterocycles. The fraction of sp³-hybridized carbons (Fsp3) is 0.760. The van der Waals surface area contributed by atoms with Crippen LogP contribution in [-0.4, -0.2) is 17.4 Å². The molecule has 162 valence electrons. The third-order valence-electron chi connectivity index (χ3n) is 8.98. The first-order chi connectivity index (χ1) is 13.5. The first-order valence-corrected chi connectivity index (χ1v) is 11.4. The van der Waals surface area contributed by atoms with E-state index in [-0.39, 0.29) is 22.9 Å². The summed E-state index contributed by atoms with van der Waals surface area (Å²) in [5.74, 6) is 1.99. The Morgan fingerprint density at radius 3 is 2.55 bits per heavy atom. The van der Waals surface area contributed by atoms with Crippen LogP contribution in [0.3, 0.4) is 0 Å². The molecular weight excluding hydrogens is 373 g/mol. The number of aliphatic hydroxyl groups is 1. The zero-order valence-corrected chi connectivity index (χ0v) is 17.9. The van der Waals surface area contributed by atoms with E-state index in [0.29, 0.717) is 17.8 Å². The van der Waals surface area contributed by atoms with Crippen molar-refractivity contribution >= 4 is 0 Å². The molecular formula is C25H35F3O. The van der Waals surface area contributed by atoms with E-state index in [9.17, 15) is 18.3 Å². The van der Waals surface area contributed by atoms with Crippen molar-refractivity contribution in [2.24, 2.45) is 34.5 Å². The molecule has 29 heavy (non-hydrogen) atoms. The average molecular weight is 409 g/mol. The summed E-state index contributed by atoms with van der Waals surface area (Å²) in [6.07, 6.45) is 10.0. The number of fused-ring (bicyclic) bond motifs is 5. The molecule has 0 aromatic carbocycles. The maximum absolute atomic E-state index is 12.5. The van der Waals surface area contributed by atoms with Crippen molar-refractivity contribution in [1.29, 1.82) is 0 Å². The van der Waals surface area contributed by atoms with Gasteiger partial charge in [0.1, 0.15) is 0 Å². The van der Waals surface area contributed by atoms with Crippen molar-refractivity contribution in [2.75, 3.05) is 0 Å². The van der Waals surface area contributed by atoms with Crippen LogP contribution in [0, 0.1) is 34.5 Å². The summed E-state index contributed by atoms with van der Waals surface area (Å²) in [7, 11) is 0. The van der Waals surface area contributed by atoms with Gasteiger partial charge in [0.2, 0.25) is 0 Å². The molecule has 4 aliphatic carbocycles. The monoisotopic (exact) mass is 408 g/mol. The number of halogens is 3. The average Bonchev–Trinajstić information content (AvgIpc) is 2.98. The van der Waals surface area contributed by atoms with Gasteiger partial charge in [-0.1, -0.05) is 56.2 Å². The third-order valence-corrected chi connectivity index (χ3v) is 8.98. The first-order valence-electron chi connectivity index (χ1n) is 11.4. The number of aliphatic hydroxyl groups excluding tert-OH is 1. The van der Waals surface area contributed by atoms with Gasteiger partial charge >= 0.3 is 6.18 Å². The van der Waals surface area contributed by atoms with Gasteiger partial charge in [-0.3, -0.25) is 0 Å². The molecule has 4 aliphatic rings. The van der Waals surface area contributed by atoms with Gasteiger partial charge < -0.3 is 5.11 Å². The van der Waals surface area contributed by atoms with Gasteiger partial charge in [0, 0.05) is 0 Å². The van der Waals surface area contributed by atoms with Crippen LogP contribution >= 0.6 is 0 Å². The van der Waals surface area contributed by atoms with Gasteiger partial charge in [-0.15, -0.1) is 0 Å². The van der Waals surface area contributed by atoms with Crippen molar-refractivity contribution in [3.8, 4) is 0 Å². The molecule has 2 saturated carbocycles. The lowest BCUT2D eigenvalue weighted by Gasteiger charge is -2.58. The van der Waals surface area contributed by atoms with Crippen LogP contribution in [0.1, 0.15) is 72.1 Å². The summed E-state index contributed by atoms with van der Waals surface area (Å²) in [4.78, 5) is 0. The molecule has 0 amide bonds. The highest BCUT2D eigenvalue weighted by Crippen LogP contribution is 2.65. The molecule has 4 rings (SSSR count). The van der Waals surface area contributed by atoms with Crippen molar-refractivity contribution in [1.82, 2.24) is 0 Å². The Bertz CT molecular complexity index is 733. The quantitative estimate of drug-likeness (QED) is 0.499. The Hall–Kier alpha value is -1.03. The van der Waals surface area contributed by atoms with E-state index >= 15 is 0 Å². The van der Waals surface area contributed by atoms with Gasteiger partial charge in [-0.05, 0) is 79.4 Å². The van der Waals surface area contributed by atoms with Crippen LogP contribution in [0.4, 0.5) is 13.2 Å². The molecule has 4 heteroatoms. The van der Waals surface area contributed by atoms with Gasteiger partial charge in [0.25, 0.3) is 0 Å². The molecule has 1 N–H and O–H groups in total. The standard InChI is InChI=1S/C25H35F3O/c1-16(5-4-12-25(26,27)28)20-8-9-21-19-7-6-17-15-18(29)10-13-23(17,2)22(19)11-14-24(20,21)3/h4-6,8,16,18-19,21-22,29H,7,9-15H2,1-3H3/b5-4+/t16-,18?,19?,21?,22?,23?,24?/m1/s1. The molecule has 0 bridgehead atoms. The summed E-state index contributed by atoms with van der Waals surface area (Å²) < 4.78 is 37.6. The molecule has 7 atom stereocenters. The normalized spacial score (nSPS) is 43.3. The van der Waals surface area contributed by atoms with Crippen molar-refractivity contribution in [3.05, 3.63) is 35.5 Å². The minimum absolute atomic E-state index is 0.0685. The second-order valence-corrected chi connectivity index (χ2v) is 10.5. The molecule has 0 radical (unpaired) electrons. The Balaban J connectivity index is 1.52. The molecule has 0 heterocycles. The number of hydrogen-bond acceptors (Lipinski definition) is 1. The van der Waals surface area contributed by atoms with Gasteiger partial charge in [0.05, 0.1) is 12.5 Å². The Kier molecular flexibility index (Phi) is 5.33. The highest BCUT2D eigenvalue weighted by molar-refractivity contribution is 5.32. The fourth-order valence-corrected chi connectivity index (χ4v) is 7.46. The highest BCUT2D eigenvalue weighted by Gasteiger charge is 2.56. The summed E-state index contributed by atoms with van der Waals surface area (Å²) in [5, 5.41) is 10.1. The summed E-state index contributed by atoms with van der Waals surface area (Å²) in [5.41, 5.74) is 3.18. The van der Waals surface area contributed by atoms with Crippen LogP contribution in [0.2, 0.25) is 0 Å². The SMILES string of the molecule is C[C@H](/C=C/CC(F)(F)F)C1=CCC2C3CC=C4CC(O)CCC4(C)C3CCC12C. The predicted octanol–water partition coefficient (Wildman–Crippen LogP) is 6.99. The topological polar surface area (TPSA) is 20.2 Å². The van der Waals surface area contributed by atoms with E-state index in [1.807, 2.05) is 0 Å². The largest absolute Gasteiger partial charge is 0.393 e. The highest BCUT2D eigenvalue weighted by atomic mass is 19.4. The number of rotatable bonds is 3. The van der Waals surface area contributed by atoms with E-state index in [1.165, 1.54) is 23.6 Å².